The van der Waals surface area contributed by atoms with Gasteiger partial charge in [-0.05, 0) is 67.6 Å². The molecule has 6 rings (SSSR count). The molecule has 1 fully saturated rings. The number of nitrogens with zero attached hydrogens (tertiary/aromatic N) is 3. The normalized spacial score (nSPS) is 17.1. The first-order valence-electron chi connectivity index (χ1n) is 14.1. The fraction of sp³-hybridized carbons (Fsp3) is 0.250. The Morgan fingerprint density at radius 1 is 1.02 bits per heavy atom. The van der Waals surface area contributed by atoms with Crippen LogP contribution in [-0.2, 0) is 15.7 Å². The van der Waals surface area contributed by atoms with Gasteiger partial charge < -0.3 is 26.1 Å². The molecule has 0 aliphatic heterocycles. The van der Waals surface area contributed by atoms with Crippen LogP contribution in [0.15, 0.2) is 73.2 Å². The zero-order valence-corrected chi connectivity index (χ0v) is 23.5. The van der Waals surface area contributed by atoms with Crippen molar-refractivity contribution >= 4 is 39.5 Å². The fourth-order valence-corrected chi connectivity index (χ4v) is 5.82. The molecule has 0 spiro atoms. The Balaban J connectivity index is 1.40. The molecule has 5 aromatic rings. The van der Waals surface area contributed by atoms with E-state index in [0.29, 0.717) is 48.2 Å². The van der Waals surface area contributed by atoms with Crippen LogP contribution in [0.1, 0.15) is 41.6 Å². The maximum Gasteiger partial charge on any atom is 0.418 e. The lowest BCUT2D eigenvalue weighted by atomic mass is 9.92. The molecule has 0 unspecified atom stereocenters. The lowest BCUT2D eigenvalue weighted by Crippen LogP contribution is -2.33. The minimum Gasteiger partial charge on any atom is -0.461 e. The van der Waals surface area contributed by atoms with E-state index in [0.717, 1.165) is 17.1 Å². The molecule has 1 aliphatic carbocycles. The molecule has 0 bridgehead atoms. The average molecular weight is 603 g/mol. The summed E-state index contributed by atoms with van der Waals surface area (Å²) in [5, 5.41) is 4.08. The number of halogens is 3. The van der Waals surface area contributed by atoms with Gasteiger partial charge in [-0.1, -0.05) is 18.2 Å². The van der Waals surface area contributed by atoms with E-state index in [2.05, 4.69) is 15.3 Å². The summed E-state index contributed by atoms with van der Waals surface area (Å²) in [4.78, 5) is 32.7. The molecule has 3 heterocycles. The van der Waals surface area contributed by atoms with Crippen LogP contribution in [0.2, 0.25) is 0 Å². The van der Waals surface area contributed by atoms with Crippen LogP contribution in [0.3, 0.4) is 0 Å². The summed E-state index contributed by atoms with van der Waals surface area (Å²) in [6.07, 6.45) is 1.62. The number of benzene rings is 2. The first kappa shape index (κ1) is 29.1. The molecule has 2 aromatic carbocycles. The summed E-state index contributed by atoms with van der Waals surface area (Å²) in [7, 11) is 0. The number of alkyl halides is 3. The lowest BCUT2D eigenvalue weighted by molar-refractivity contribution is -0.148. The van der Waals surface area contributed by atoms with Crippen LogP contribution in [0.5, 0.6) is 0 Å². The van der Waals surface area contributed by atoms with Crippen LogP contribution in [0, 0.1) is 0 Å². The molecule has 9 nitrogen and oxygen atoms in total. The van der Waals surface area contributed by atoms with Crippen LogP contribution >= 0.6 is 0 Å². The number of primary amides is 1. The Bertz CT molecular complexity index is 1880. The highest BCUT2D eigenvalue weighted by Crippen LogP contribution is 2.42. The molecule has 226 valence electrons. The zero-order chi connectivity index (χ0) is 31.0. The number of nitrogens with two attached hydrogens (primary N) is 2. The minimum absolute atomic E-state index is 0.0593. The first-order chi connectivity index (χ1) is 21.1. The van der Waals surface area contributed by atoms with Crippen molar-refractivity contribution in [3.05, 3.63) is 84.3 Å². The molecule has 12 heteroatoms. The number of hydrogen-bond acceptors (Lipinski definition) is 7. The highest BCUT2D eigenvalue weighted by atomic mass is 19.4. The standard InChI is InChI=1S/C32H29F3N6O3/c33-32(34,35)25-17-41(31-29(25)23(11-12-38-31)19-13-18-3-1-2-4-26(18)39-16-19)21-7-10-24(30(37)43)27(14-21)40-20-5-8-22(9-6-20)44-28(42)15-36/h1-4,7,10-14,16-17,20,22,40H,5-6,8-9,15,36H2,(H2,37,43). The summed E-state index contributed by atoms with van der Waals surface area (Å²) in [6, 6.07) is 15.3. The lowest BCUT2D eigenvalue weighted by Gasteiger charge is -2.30. The highest BCUT2D eigenvalue weighted by molar-refractivity contribution is 6.00. The summed E-state index contributed by atoms with van der Waals surface area (Å²) >= 11 is 0. The van der Waals surface area contributed by atoms with Crippen LogP contribution in [0.25, 0.3) is 38.8 Å². The van der Waals surface area contributed by atoms with Gasteiger partial charge >= 0.3 is 12.1 Å². The quantitative estimate of drug-likeness (QED) is 0.207. The predicted octanol–water partition coefficient (Wildman–Crippen LogP) is 5.58. The number of amides is 1. The Kier molecular flexibility index (Phi) is 7.68. The maximum absolute atomic E-state index is 14.5. The van der Waals surface area contributed by atoms with Crippen molar-refractivity contribution in [2.24, 2.45) is 11.5 Å². The van der Waals surface area contributed by atoms with Gasteiger partial charge in [0.15, 0.2) is 0 Å². The molecule has 1 amide bonds. The first-order valence-corrected chi connectivity index (χ1v) is 14.1. The number of aromatic nitrogens is 3. The molecule has 0 saturated heterocycles. The molecular formula is C32H29F3N6O3. The van der Waals surface area contributed by atoms with Gasteiger partial charge in [-0.2, -0.15) is 13.2 Å². The second-order valence-corrected chi connectivity index (χ2v) is 10.8. The van der Waals surface area contributed by atoms with E-state index in [-0.39, 0.29) is 35.3 Å². The Hall–Kier alpha value is -4.97. The number of rotatable bonds is 7. The average Bonchev–Trinajstić information content (AvgIpc) is 3.42. The van der Waals surface area contributed by atoms with Gasteiger partial charge in [0.2, 0.25) is 0 Å². The SMILES string of the molecule is NCC(=O)OC1CCC(Nc2cc(-n3cc(C(F)(F)F)c4c(-c5cnc6ccccc6c5)ccnc43)ccc2C(N)=O)CC1. The molecule has 3 aromatic heterocycles. The number of carbonyl (C=O) groups is 2. The summed E-state index contributed by atoms with van der Waals surface area (Å²) in [5.41, 5.74) is 12.8. The van der Waals surface area contributed by atoms with Gasteiger partial charge in [0.1, 0.15) is 11.8 Å². The largest absolute Gasteiger partial charge is 0.461 e. The summed E-state index contributed by atoms with van der Waals surface area (Å²) in [5.74, 6) is -1.14. The van der Waals surface area contributed by atoms with E-state index in [9.17, 15) is 22.8 Å². The van der Waals surface area contributed by atoms with Gasteiger partial charge in [-0.3, -0.25) is 14.6 Å². The highest BCUT2D eigenvalue weighted by Gasteiger charge is 2.36. The van der Waals surface area contributed by atoms with E-state index in [1.807, 2.05) is 30.3 Å². The minimum atomic E-state index is -4.67. The molecule has 0 atom stereocenters. The second-order valence-electron chi connectivity index (χ2n) is 10.8. The monoisotopic (exact) mass is 602 g/mol. The predicted molar refractivity (Wildman–Crippen MR) is 160 cm³/mol. The van der Waals surface area contributed by atoms with Crippen molar-refractivity contribution in [3.8, 4) is 16.8 Å². The smallest absolute Gasteiger partial charge is 0.418 e. The van der Waals surface area contributed by atoms with Crippen LogP contribution < -0.4 is 16.8 Å². The second kappa shape index (κ2) is 11.6. The Morgan fingerprint density at radius 2 is 1.80 bits per heavy atom. The van der Waals surface area contributed by atoms with E-state index >= 15 is 0 Å². The van der Waals surface area contributed by atoms with Crippen molar-refractivity contribution in [1.29, 1.82) is 0 Å². The van der Waals surface area contributed by atoms with Crippen molar-refractivity contribution in [3.63, 3.8) is 0 Å². The number of anilines is 1. The van der Waals surface area contributed by atoms with Crippen molar-refractivity contribution in [1.82, 2.24) is 14.5 Å². The number of nitrogens with one attached hydrogen (secondary N) is 1. The Morgan fingerprint density at radius 3 is 2.52 bits per heavy atom. The van der Waals surface area contributed by atoms with Crippen molar-refractivity contribution in [2.45, 2.75) is 44.0 Å². The molecule has 44 heavy (non-hydrogen) atoms. The Labute approximate surface area is 250 Å². The number of para-hydroxylation sites is 1. The van der Waals surface area contributed by atoms with E-state index in [1.165, 1.54) is 16.8 Å². The van der Waals surface area contributed by atoms with Gasteiger partial charge in [0.05, 0.1) is 23.2 Å². The zero-order valence-electron chi connectivity index (χ0n) is 23.5. The van der Waals surface area contributed by atoms with Crippen LogP contribution in [-0.4, -0.2) is 45.1 Å². The molecule has 1 saturated carbocycles. The third-order valence-electron chi connectivity index (χ3n) is 7.94. The number of fused-ring (bicyclic) bond motifs is 2. The summed E-state index contributed by atoms with van der Waals surface area (Å²) in [6.45, 7) is -0.188. The number of hydrogen-bond donors (Lipinski definition) is 3. The number of esters is 1. The number of ether oxygens (including phenoxy) is 1. The van der Waals surface area contributed by atoms with Gasteiger partial charge in [-0.15, -0.1) is 0 Å². The van der Waals surface area contributed by atoms with E-state index < -0.39 is 23.6 Å². The number of carbonyl (C=O) groups excluding carboxylic acids is 2. The van der Waals surface area contributed by atoms with Crippen LogP contribution in [0.4, 0.5) is 18.9 Å². The van der Waals surface area contributed by atoms with Gasteiger partial charge in [0, 0.05) is 52.3 Å². The third kappa shape index (κ3) is 5.68. The number of pyridine rings is 2. The van der Waals surface area contributed by atoms with Crippen molar-refractivity contribution in [2.75, 3.05) is 11.9 Å². The molecular weight excluding hydrogens is 573 g/mol. The fourth-order valence-electron chi connectivity index (χ4n) is 5.82. The molecule has 1 aliphatic rings. The van der Waals surface area contributed by atoms with Crippen molar-refractivity contribution < 1.29 is 27.5 Å². The molecule has 5 N–H and O–H groups in total. The topological polar surface area (TPSA) is 138 Å². The molecule has 0 radical (unpaired) electrons. The van der Waals surface area contributed by atoms with E-state index in [4.69, 9.17) is 16.2 Å². The summed E-state index contributed by atoms with van der Waals surface area (Å²) < 4.78 is 50.3. The van der Waals surface area contributed by atoms with E-state index in [1.54, 1.807) is 24.4 Å². The third-order valence-corrected chi connectivity index (χ3v) is 7.94. The van der Waals surface area contributed by atoms with Gasteiger partial charge in [-0.25, -0.2) is 4.98 Å². The van der Waals surface area contributed by atoms with Gasteiger partial charge in [0.25, 0.3) is 5.91 Å². The maximum atomic E-state index is 14.5.